The van der Waals surface area contributed by atoms with Crippen LogP contribution in [-0.4, -0.2) is 56.5 Å². The molecule has 242 valence electrons. The van der Waals surface area contributed by atoms with E-state index < -0.39 is 12.0 Å². The molecule has 2 aliphatic rings. The van der Waals surface area contributed by atoms with Crippen molar-refractivity contribution in [1.29, 1.82) is 5.26 Å². The zero-order valence-corrected chi connectivity index (χ0v) is 28.0. The number of carbonyl (C=O) groups excluding carboxylic acids is 1. The molecule has 4 N–H and O–H groups in total. The number of hydrogen-bond acceptors (Lipinski definition) is 11. The van der Waals surface area contributed by atoms with E-state index in [4.69, 9.17) is 10.5 Å². The highest BCUT2D eigenvalue weighted by Gasteiger charge is 2.38. The summed E-state index contributed by atoms with van der Waals surface area (Å²) in [5, 5.41) is 25.8. The summed E-state index contributed by atoms with van der Waals surface area (Å²) < 4.78 is 6.96. The summed E-state index contributed by atoms with van der Waals surface area (Å²) in [6.07, 6.45) is 2.00. The van der Waals surface area contributed by atoms with Gasteiger partial charge in [-0.1, -0.05) is 59.5 Å². The van der Waals surface area contributed by atoms with Gasteiger partial charge in [-0.25, -0.2) is 14.8 Å². The number of nitrogen functional groups attached to an aromatic ring is 1. The summed E-state index contributed by atoms with van der Waals surface area (Å²) in [7, 11) is 0. The maximum atomic E-state index is 13.4. The fourth-order valence-corrected chi connectivity index (χ4v) is 8.95. The normalized spacial score (nSPS) is 17.1. The van der Waals surface area contributed by atoms with Crippen molar-refractivity contribution in [3.05, 3.63) is 94.4 Å². The number of carbonyl (C=O) groups is 2. The Bertz CT molecular complexity index is 2050. The molecule has 0 radical (unpaired) electrons. The maximum absolute atomic E-state index is 13.4. The van der Waals surface area contributed by atoms with E-state index in [1.807, 2.05) is 72.1 Å². The number of aliphatic carboxylic acids is 1. The molecule has 5 aromatic rings. The molecule has 2 unspecified atom stereocenters. The van der Waals surface area contributed by atoms with Gasteiger partial charge in [-0.2, -0.15) is 5.26 Å². The van der Waals surface area contributed by atoms with Crippen molar-refractivity contribution >= 4 is 71.8 Å². The van der Waals surface area contributed by atoms with Crippen LogP contribution in [0.25, 0.3) is 21.3 Å². The zero-order chi connectivity index (χ0) is 33.2. The van der Waals surface area contributed by atoms with Crippen LogP contribution in [0.5, 0.6) is 5.75 Å². The lowest BCUT2D eigenvalue weighted by Gasteiger charge is -2.31. The number of nitrogens with zero attached hydrogens (tertiary/aromatic N) is 4. The van der Waals surface area contributed by atoms with Gasteiger partial charge in [-0.05, 0) is 66.3 Å². The molecular formula is C35H30N6O4S3. The SMILES string of the molecule is N#Cc1c(-c2ccc(OCCCC3SC(N4CCc5cccc(C(=O)Nc6nc7ccccc7s6)c5C4)=NC3C(=O)O)cc2)csc1N. The summed E-state index contributed by atoms with van der Waals surface area (Å²) in [5.74, 6) is -0.466. The number of carboxylic acids is 1. The van der Waals surface area contributed by atoms with Gasteiger partial charge < -0.3 is 20.5 Å². The number of thioether (sulfide) groups is 1. The summed E-state index contributed by atoms with van der Waals surface area (Å²) in [6, 6.07) is 22.4. The Morgan fingerprint density at radius 1 is 1.12 bits per heavy atom. The molecule has 0 bridgehead atoms. The number of carboxylic acid groups (broad SMARTS) is 1. The van der Waals surface area contributed by atoms with Crippen molar-refractivity contribution in [3.63, 3.8) is 0 Å². The first-order valence-corrected chi connectivity index (χ1v) is 18.0. The number of nitrogens with one attached hydrogen (secondary N) is 1. The number of benzene rings is 3. The highest BCUT2D eigenvalue weighted by molar-refractivity contribution is 8.14. The molecule has 0 aliphatic carbocycles. The molecule has 0 spiro atoms. The third-order valence-electron chi connectivity index (χ3n) is 8.41. The minimum atomic E-state index is -0.946. The topological polar surface area (TPSA) is 154 Å². The van der Waals surface area contributed by atoms with Crippen LogP contribution in [-0.2, 0) is 17.8 Å². The number of nitriles is 1. The van der Waals surface area contributed by atoms with Crippen molar-refractivity contribution < 1.29 is 19.4 Å². The Morgan fingerprint density at radius 2 is 1.96 bits per heavy atom. The number of amides is 1. The molecule has 2 aliphatic heterocycles. The lowest BCUT2D eigenvalue weighted by atomic mass is 9.94. The van der Waals surface area contributed by atoms with E-state index in [2.05, 4.69) is 26.3 Å². The van der Waals surface area contributed by atoms with E-state index in [9.17, 15) is 20.0 Å². The number of thiophene rings is 1. The molecule has 0 saturated carbocycles. The van der Waals surface area contributed by atoms with Crippen molar-refractivity contribution in [2.24, 2.45) is 4.99 Å². The molecule has 2 atom stereocenters. The maximum Gasteiger partial charge on any atom is 0.329 e. The Hall–Kier alpha value is -4.90. The average Bonchev–Trinajstić information content (AvgIpc) is 3.82. The highest BCUT2D eigenvalue weighted by atomic mass is 32.2. The summed E-state index contributed by atoms with van der Waals surface area (Å²) in [5.41, 5.74) is 11.5. The molecule has 1 amide bonds. The van der Waals surface area contributed by atoms with Crippen LogP contribution >= 0.6 is 34.4 Å². The first kappa shape index (κ1) is 31.7. The van der Waals surface area contributed by atoms with Gasteiger partial charge >= 0.3 is 5.97 Å². The van der Waals surface area contributed by atoms with E-state index in [1.54, 1.807) is 0 Å². The van der Waals surface area contributed by atoms with Crippen LogP contribution in [0.3, 0.4) is 0 Å². The van der Waals surface area contributed by atoms with Crippen LogP contribution in [0.15, 0.2) is 77.1 Å². The molecule has 13 heteroatoms. The third kappa shape index (κ3) is 6.47. The van der Waals surface area contributed by atoms with Gasteiger partial charge in [0.15, 0.2) is 16.3 Å². The number of hydrogen-bond donors (Lipinski definition) is 3. The Kier molecular flexibility index (Phi) is 9.03. The van der Waals surface area contributed by atoms with E-state index in [1.165, 1.54) is 34.4 Å². The number of ether oxygens (including phenoxy) is 1. The first-order chi connectivity index (χ1) is 23.4. The smallest absolute Gasteiger partial charge is 0.329 e. The second-order valence-corrected chi connectivity index (χ2v) is 14.6. The van der Waals surface area contributed by atoms with E-state index >= 15 is 0 Å². The van der Waals surface area contributed by atoms with Gasteiger partial charge in [-0.15, -0.1) is 11.3 Å². The second-order valence-electron chi connectivity index (χ2n) is 11.4. The second kappa shape index (κ2) is 13.7. The Balaban J connectivity index is 0.963. The van der Waals surface area contributed by atoms with Crippen LogP contribution < -0.4 is 15.8 Å². The number of amidine groups is 1. The summed E-state index contributed by atoms with van der Waals surface area (Å²) in [6.45, 7) is 1.58. The minimum Gasteiger partial charge on any atom is -0.494 e. The zero-order valence-electron chi connectivity index (χ0n) is 25.6. The Labute approximate surface area is 288 Å². The highest BCUT2D eigenvalue weighted by Crippen LogP contribution is 2.36. The minimum absolute atomic E-state index is 0.215. The molecule has 0 fully saturated rings. The lowest BCUT2D eigenvalue weighted by molar-refractivity contribution is -0.138. The van der Waals surface area contributed by atoms with Gasteiger partial charge in [0.25, 0.3) is 5.91 Å². The van der Waals surface area contributed by atoms with E-state index in [0.717, 1.165) is 38.9 Å². The van der Waals surface area contributed by atoms with Crippen molar-refractivity contribution in [2.75, 3.05) is 24.2 Å². The van der Waals surface area contributed by atoms with Crippen molar-refractivity contribution in [1.82, 2.24) is 9.88 Å². The number of aliphatic imine (C=N–C) groups is 1. The third-order valence-corrected chi connectivity index (χ3v) is 11.5. The number of anilines is 2. The number of fused-ring (bicyclic) bond motifs is 2. The monoisotopic (exact) mass is 694 g/mol. The summed E-state index contributed by atoms with van der Waals surface area (Å²) >= 11 is 4.27. The van der Waals surface area contributed by atoms with E-state index in [0.29, 0.717) is 64.7 Å². The number of thiazole rings is 1. The molecule has 10 nitrogen and oxygen atoms in total. The van der Waals surface area contributed by atoms with Gasteiger partial charge in [0, 0.05) is 34.8 Å². The number of rotatable bonds is 9. The van der Waals surface area contributed by atoms with E-state index in [-0.39, 0.29) is 11.2 Å². The molecular weight excluding hydrogens is 665 g/mol. The quantitative estimate of drug-likeness (QED) is 0.140. The number of para-hydroxylation sites is 1. The van der Waals surface area contributed by atoms with Crippen LogP contribution in [0, 0.1) is 11.3 Å². The molecule has 0 saturated heterocycles. The predicted octanol–water partition coefficient (Wildman–Crippen LogP) is 6.87. The molecule has 4 heterocycles. The Morgan fingerprint density at radius 3 is 2.75 bits per heavy atom. The largest absolute Gasteiger partial charge is 0.494 e. The average molecular weight is 695 g/mol. The summed E-state index contributed by atoms with van der Waals surface area (Å²) in [4.78, 5) is 36.9. The molecule has 3 aromatic carbocycles. The van der Waals surface area contributed by atoms with Crippen molar-refractivity contribution in [2.45, 2.75) is 37.1 Å². The molecule has 2 aromatic heterocycles. The fourth-order valence-electron chi connectivity index (χ4n) is 5.97. The molecule has 48 heavy (non-hydrogen) atoms. The first-order valence-electron chi connectivity index (χ1n) is 15.4. The number of aromatic nitrogens is 1. The van der Waals surface area contributed by atoms with Gasteiger partial charge in [0.05, 0.1) is 22.4 Å². The van der Waals surface area contributed by atoms with Crippen LogP contribution in [0.2, 0.25) is 0 Å². The fraction of sp³-hybridized carbons (Fsp3) is 0.229. The molecule has 7 rings (SSSR count). The predicted molar refractivity (Wildman–Crippen MR) is 192 cm³/mol. The van der Waals surface area contributed by atoms with Crippen LogP contribution in [0.4, 0.5) is 10.1 Å². The van der Waals surface area contributed by atoms with Crippen molar-refractivity contribution in [3.8, 4) is 22.9 Å². The van der Waals surface area contributed by atoms with Gasteiger partial charge in [-0.3, -0.25) is 10.1 Å². The lowest BCUT2D eigenvalue weighted by Crippen LogP contribution is -2.35. The van der Waals surface area contributed by atoms with Crippen LogP contribution in [0.1, 0.15) is 39.9 Å². The van der Waals surface area contributed by atoms with Gasteiger partial charge in [0.1, 0.15) is 16.8 Å². The van der Waals surface area contributed by atoms with Gasteiger partial charge in [0.2, 0.25) is 0 Å². The number of nitrogens with two attached hydrogens (primary N) is 1. The standard InChI is InChI=1S/C35H30N6O4S3/c36-17-24-26(19-46-31(24)37)21-10-12-22(13-11-21)45-16-4-9-29-30(33(43)44)39-35(48-29)41-15-14-20-5-3-6-23(25(20)18-41)32(42)40-34-38-27-7-1-2-8-28(27)47-34/h1-3,5-8,10-13,19,29-30H,4,9,14-16,18,37H2,(H,43,44)(H,38,40,42).